The molecule has 0 aliphatic heterocycles. The Kier molecular flexibility index (Phi) is 11.0. The summed E-state index contributed by atoms with van der Waals surface area (Å²) in [6.45, 7) is 5.42. The second-order valence-corrected chi connectivity index (χ2v) is 10.4. The number of carboxylic acids is 1. The van der Waals surface area contributed by atoms with E-state index in [1.54, 1.807) is 12.1 Å². The van der Waals surface area contributed by atoms with Crippen LogP contribution in [0.3, 0.4) is 0 Å². The van der Waals surface area contributed by atoms with Gasteiger partial charge in [0.1, 0.15) is 29.4 Å². The van der Waals surface area contributed by atoms with E-state index in [0.29, 0.717) is 18.9 Å². The number of nitrogens with zero attached hydrogens (tertiary/aromatic N) is 2. The maximum atomic E-state index is 11.1. The van der Waals surface area contributed by atoms with Crippen LogP contribution in [0.15, 0.2) is 91.0 Å². The third-order valence-electron chi connectivity index (χ3n) is 7.06. The van der Waals surface area contributed by atoms with Crippen LogP contribution in [0.25, 0.3) is 22.2 Å². The van der Waals surface area contributed by atoms with Gasteiger partial charge in [0.2, 0.25) is 0 Å². The molecular weight excluding hydrogens is 601 g/mol. The van der Waals surface area contributed by atoms with Crippen LogP contribution in [-0.2, 0) is 24.4 Å². The fraction of sp³-hybridized carbons (Fsp3) is 0.229. The number of fused-ring (bicyclic) bond motifs is 1. The quantitative estimate of drug-likeness (QED) is 0.117. The Hall–Kier alpha value is -5.32. The number of hydrogen-bond acceptors (Lipinski definition) is 5. The lowest BCUT2D eigenvalue weighted by Crippen LogP contribution is -2.21. The number of unbranched alkanes of at least 4 members (excludes halogenated alkanes) is 1. The van der Waals surface area contributed by atoms with Crippen molar-refractivity contribution in [3.8, 4) is 22.6 Å². The molecule has 240 valence electrons. The molecule has 0 bridgehead atoms. The number of benzene rings is 4. The summed E-state index contributed by atoms with van der Waals surface area (Å²) < 4.78 is 45.4. The standard InChI is InChI=1S/C33H32N2O4.C2HF3O2/c1-3-4-14-30-34-31-23(2)15-20-29(38-22-25-10-6-5-7-11-25)32(31)35(30)21-24-16-18-26(19-17-24)27-12-8-9-13-28(27)39-33(36)37;3-2(4,5)1(6)7/h5-13,15-20H,3-4,14,21-22H2,1-2H3,(H,36,37);(H,6,7). The van der Waals surface area contributed by atoms with Crippen molar-refractivity contribution in [3.63, 3.8) is 0 Å². The van der Waals surface area contributed by atoms with E-state index in [4.69, 9.17) is 29.5 Å². The zero-order chi connectivity index (χ0) is 33.3. The Morgan fingerprint density at radius 2 is 1.50 bits per heavy atom. The van der Waals surface area contributed by atoms with Crippen molar-refractivity contribution in [3.05, 3.63) is 114 Å². The summed E-state index contributed by atoms with van der Waals surface area (Å²) in [6, 6.07) is 29.6. The van der Waals surface area contributed by atoms with Crippen molar-refractivity contribution in [2.75, 3.05) is 0 Å². The van der Waals surface area contributed by atoms with Crippen molar-refractivity contribution in [2.24, 2.45) is 0 Å². The fourth-order valence-electron chi connectivity index (χ4n) is 4.79. The average Bonchev–Trinajstić information content (AvgIpc) is 3.39. The molecule has 46 heavy (non-hydrogen) atoms. The summed E-state index contributed by atoms with van der Waals surface area (Å²) >= 11 is 0. The van der Waals surface area contributed by atoms with Gasteiger partial charge < -0.3 is 24.3 Å². The van der Waals surface area contributed by atoms with Crippen LogP contribution in [0.2, 0.25) is 0 Å². The van der Waals surface area contributed by atoms with Gasteiger partial charge in [-0.25, -0.2) is 14.6 Å². The normalized spacial score (nSPS) is 11.1. The Morgan fingerprint density at radius 1 is 0.848 bits per heavy atom. The lowest BCUT2D eigenvalue weighted by atomic mass is 10.0. The molecule has 0 saturated carbocycles. The van der Waals surface area contributed by atoms with Gasteiger partial charge in [-0.2, -0.15) is 13.2 Å². The van der Waals surface area contributed by atoms with Crippen LogP contribution in [0.5, 0.6) is 11.5 Å². The van der Waals surface area contributed by atoms with Crippen molar-refractivity contribution < 1.29 is 42.4 Å². The Bertz CT molecular complexity index is 1780. The highest BCUT2D eigenvalue weighted by atomic mass is 19.4. The number of halogens is 3. The van der Waals surface area contributed by atoms with Crippen LogP contribution in [0.1, 0.15) is 42.3 Å². The van der Waals surface area contributed by atoms with E-state index in [9.17, 15) is 18.0 Å². The van der Waals surface area contributed by atoms with Crippen LogP contribution in [-0.4, -0.2) is 38.1 Å². The summed E-state index contributed by atoms with van der Waals surface area (Å²) in [6.07, 6.45) is -3.37. The molecule has 0 radical (unpaired) electrons. The number of aryl methyl sites for hydroxylation is 2. The second kappa shape index (κ2) is 15.1. The average molecular weight is 635 g/mol. The van der Waals surface area contributed by atoms with Crippen LogP contribution in [0.4, 0.5) is 18.0 Å². The van der Waals surface area contributed by atoms with E-state index in [1.165, 1.54) is 0 Å². The van der Waals surface area contributed by atoms with Gasteiger partial charge in [-0.05, 0) is 47.7 Å². The monoisotopic (exact) mass is 634 g/mol. The zero-order valence-electron chi connectivity index (χ0n) is 25.3. The molecule has 0 atom stereocenters. The fourth-order valence-corrected chi connectivity index (χ4v) is 4.79. The number of alkyl halides is 3. The van der Waals surface area contributed by atoms with Gasteiger partial charge in [-0.15, -0.1) is 0 Å². The highest BCUT2D eigenvalue weighted by Gasteiger charge is 2.38. The molecule has 0 aliphatic carbocycles. The molecule has 1 aromatic heterocycles. The van der Waals surface area contributed by atoms with Crippen LogP contribution < -0.4 is 9.47 Å². The van der Waals surface area contributed by atoms with Gasteiger partial charge in [0, 0.05) is 18.5 Å². The minimum atomic E-state index is -5.08. The first-order chi connectivity index (χ1) is 22.0. The molecule has 0 unspecified atom stereocenters. The molecular formula is C35H33F3N2O6. The zero-order valence-corrected chi connectivity index (χ0v) is 25.3. The van der Waals surface area contributed by atoms with Gasteiger partial charge in [0.05, 0.1) is 5.52 Å². The largest absolute Gasteiger partial charge is 0.511 e. The van der Waals surface area contributed by atoms with Gasteiger partial charge in [0.15, 0.2) is 0 Å². The van der Waals surface area contributed by atoms with Crippen molar-refractivity contribution >= 4 is 23.2 Å². The topological polar surface area (TPSA) is 111 Å². The van der Waals surface area contributed by atoms with Gasteiger partial charge in [-0.3, -0.25) is 0 Å². The molecule has 0 saturated heterocycles. The number of imidazole rings is 1. The van der Waals surface area contributed by atoms with E-state index in [2.05, 4.69) is 48.7 Å². The first-order valence-corrected chi connectivity index (χ1v) is 14.5. The Morgan fingerprint density at radius 3 is 2.13 bits per heavy atom. The maximum absolute atomic E-state index is 11.1. The minimum Gasteiger partial charge on any atom is -0.487 e. The number of rotatable bonds is 10. The summed E-state index contributed by atoms with van der Waals surface area (Å²) in [7, 11) is 0. The molecule has 2 N–H and O–H groups in total. The summed E-state index contributed by atoms with van der Waals surface area (Å²) in [4.78, 5) is 25.1. The summed E-state index contributed by atoms with van der Waals surface area (Å²) in [5.41, 5.74) is 6.97. The lowest BCUT2D eigenvalue weighted by molar-refractivity contribution is -0.192. The molecule has 0 spiro atoms. The number of hydrogen-bond donors (Lipinski definition) is 2. The second-order valence-electron chi connectivity index (χ2n) is 10.4. The van der Waals surface area contributed by atoms with Gasteiger partial charge in [0.25, 0.3) is 0 Å². The van der Waals surface area contributed by atoms with Crippen molar-refractivity contribution in [2.45, 2.75) is 52.4 Å². The molecule has 8 nitrogen and oxygen atoms in total. The molecule has 0 aliphatic rings. The van der Waals surface area contributed by atoms with Crippen molar-refractivity contribution in [1.82, 2.24) is 9.55 Å². The number of carboxylic acid groups (broad SMARTS) is 2. The van der Waals surface area contributed by atoms with E-state index < -0.39 is 18.3 Å². The Balaban J connectivity index is 0.000000617. The number of aliphatic carboxylic acids is 1. The first kappa shape index (κ1) is 33.6. The van der Waals surface area contributed by atoms with E-state index in [1.807, 2.05) is 48.5 Å². The summed E-state index contributed by atoms with van der Waals surface area (Å²) in [5, 5.41) is 16.2. The van der Waals surface area contributed by atoms with Gasteiger partial charge in [-0.1, -0.05) is 92.2 Å². The SMILES string of the molecule is CCCCc1nc2c(C)ccc(OCc3ccccc3)c2n1Cc1ccc(-c2ccccc2OC(=O)O)cc1.O=C(O)C(F)(F)F. The van der Waals surface area contributed by atoms with E-state index >= 15 is 0 Å². The highest BCUT2D eigenvalue weighted by Crippen LogP contribution is 2.33. The number of ether oxygens (including phenoxy) is 2. The Labute approximate surface area is 263 Å². The molecule has 4 aromatic carbocycles. The predicted molar refractivity (Wildman–Crippen MR) is 167 cm³/mol. The smallest absolute Gasteiger partial charge is 0.487 e. The minimum absolute atomic E-state index is 0.316. The highest BCUT2D eigenvalue weighted by molar-refractivity contribution is 5.86. The molecule has 1 heterocycles. The molecule has 5 aromatic rings. The molecule has 5 rings (SSSR count). The van der Waals surface area contributed by atoms with E-state index in [0.717, 1.165) is 69.7 Å². The van der Waals surface area contributed by atoms with Crippen molar-refractivity contribution in [1.29, 1.82) is 0 Å². The number of carbonyl (C=O) groups is 2. The number of aromatic nitrogens is 2. The van der Waals surface area contributed by atoms with Crippen LogP contribution in [0, 0.1) is 6.92 Å². The number of para-hydroxylation sites is 1. The third kappa shape index (κ3) is 8.65. The molecule has 0 amide bonds. The maximum Gasteiger partial charge on any atom is 0.511 e. The lowest BCUT2D eigenvalue weighted by Gasteiger charge is -2.14. The predicted octanol–water partition coefficient (Wildman–Crippen LogP) is 8.67. The van der Waals surface area contributed by atoms with Gasteiger partial charge >= 0.3 is 18.3 Å². The summed E-state index contributed by atoms with van der Waals surface area (Å²) in [5.74, 6) is -0.565. The molecule has 11 heteroatoms. The van der Waals surface area contributed by atoms with Crippen LogP contribution >= 0.6 is 0 Å². The van der Waals surface area contributed by atoms with E-state index in [-0.39, 0.29) is 0 Å². The molecule has 0 fully saturated rings. The first-order valence-electron chi connectivity index (χ1n) is 14.5. The third-order valence-corrected chi connectivity index (χ3v) is 7.06.